The molecule has 166 valence electrons. The number of sulfonamides is 1. The molecule has 0 aromatic carbocycles. The zero-order chi connectivity index (χ0) is 23.0. The minimum atomic E-state index is -3.83. The summed E-state index contributed by atoms with van der Waals surface area (Å²) in [5.74, 6) is -1.80. The van der Waals surface area contributed by atoms with E-state index in [1.807, 2.05) is 0 Å². The van der Waals surface area contributed by atoms with E-state index in [0.717, 1.165) is 10.4 Å². The SMILES string of the molecule is COc1cnc(C(=O)Nc2ccc(F)c([C@]3(C)CS(=O)(=O)N(C)C(N)=N3)n2)c(OC)c1. The van der Waals surface area contributed by atoms with Gasteiger partial charge in [0, 0.05) is 13.1 Å². The number of hydrogen-bond acceptors (Lipinski definition) is 9. The summed E-state index contributed by atoms with van der Waals surface area (Å²) in [6.07, 6.45) is 1.34. The van der Waals surface area contributed by atoms with Gasteiger partial charge in [-0.05, 0) is 19.1 Å². The normalized spacial score (nSPS) is 20.0. The van der Waals surface area contributed by atoms with Gasteiger partial charge in [-0.15, -0.1) is 0 Å². The molecule has 1 amide bonds. The van der Waals surface area contributed by atoms with Crippen molar-refractivity contribution in [1.29, 1.82) is 0 Å². The number of pyridine rings is 2. The van der Waals surface area contributed by atoms with Gasteiger partial charge < -0.3 is 20.5 Å². The van der Waals surface area contributed by atoms with E-state index in [0.29, 0.717) is 5.75 Å². The van der Waals surface area contributed by atoms with Crippen molar-refractivity contribution in [3.63, 3.8) is 0 Å². The average Bonchev–Trinajstić information content (AvgIpc) is 2.72. The minimum absolute atomic E-state index is 0.0348. The minimum Gasteiger partial charge on any atom is -0.495 e. The first-order valence-corrected chi connectivity index (χ1v) is 10.5. The number of carbonyl (C=O) groups is 1. The number of ether oxygens (including phenoxy) is 2. The lowest BCUT2D eigenvalue weighted by atomic mass is 10.00. The van der Waals surface area contributed by atoms with Crippen LogP contribution in [-0.2, 0) is 15.6 Å². The highest BCUT2D eigenvalue weighted by atomic mass is 32.2. The molecule has 0 saturated heterocycles. The van der Waals surface area contributed by atoms with Gasteiger partial charge in [0.2, 0.25) is 16.0 Å². The molecule has 3 heterocycles. The lowest BCUT2D eigenvalue weighted by molar-refractivity contribution is 0.101. The molecule has 0 bridgehead atoms. The van der Waals surface area contributed by atoms with Crippen LogP contribution in [-0.4, -0.2) is 61.6 Å². The third-order valence-corrected chi connectivity index (χ3v) is 6.61. The second-order valence-corrected chi connectivity index (χ2v) is 8.87. The van der Waals surface area contributed by atoms with Crippen LogP contribution in [0.2, 0.25) is 0 Å². The second kappa shape index (κ2) is 7.98. The van der Waals surface area contributed by atoms with Crippen molar-refractivity contribution in [1.82, 2.24) is 14.3 Å². The first kappa shape index (κ1) is 22.2. The Labute approximate surface area is 178 Å². The fraction of sp³-hybridized carbons (Fsp3) is 0.333. The van der Waals surface area contributed by atoms with Gasteiger partial charge in [0.25, 0.3) is 5.91 Å². The van der Waals surface area contributed by atoms with Crippen molar-refractivity contribution in [2.24, 2.45) is 10.7 Å². The third kappa shape index (κ3) is 4.21. The molecule has 2 aromatic rings. The van der Waals surface area contributed by atoms with E-state index in [1.54, 1.807) is 0 Å². The molecule has 1 aliphatic heterocycles. The molecule has 11 nitrogen and oxygen atoms in total. The number of methoxy groups -OCH3 is 2. The van der Waals surface area contributed by atoms with Gasteiger partial charge >= 0.3 is 0 Å². The quantitative estimate of drug-likeness (QED) is 0.673. The highest BCUT2D eigenvalue weighted by molar-refractivity contribution is 7.89. The van der Waals surface area contributed by atoms with Crippen LogP contribution in [0.1, 0.15) is 23.1 Å². The Morgan fingerprint density at radius 1 is 1.32 bits per heavy atom. The van der Waals surface area contributed by atoms with E-state index in [2.05, 4.69) is 20.3 Å². The number of guanidine groups is 1. The summed E-state index contributed by atoms with van der Waals surface area (Å²) in [6.45, 7) is 1.40. The van der Waals surface area contributed by atoms with Crippen LogP contribution in [0.3, 0.4) is 0 Å². The Balaban J connectivity index is 1.96. The summed E-state index contributed by atoms with van der Waals surface area (Å²) >= 11 is 0. The summed E-state index contributed by atoms with van der Waals surface area (Å²) in [4.78, 5) is 24.9. The van der Waals surface area contributed by atoms with E-state index < -0.39 is 33.0 Å². The van der Waals surface area contributed by atoms with Crippen molar-refractivity contribution >= 4 is 27.7 Å². The predicted molar refractivity (Wildman–Crippen MR) is 110 cm³/mol. The topological polar surface area (TPSA) is 149 Å². The van der Waals surface area contributed by atoms with E-state index >= 15 is 0 Å². The molecule has 0 unspecified atom stereocenters. The molecule has 0 radical (unpaired) electrons. The monoisotopic (exact) mass is 452 g/mol. The van der Waals surface area contributed by atoms with E-state index in [9.17, 15) is 17.6 Å². The van der Waals surface area contributed by atoms with Gasteiger partial charge in [-0.2, -0.15) is 0 Å². The van der Waals surface area contributed by atoms with Crippen molar-refractivity contribution < 1.29 is 27.1 Å². The first-order valence-electron chi connectivity index (χ1n) is 8.89. The maximum absolute atomic E-state index is 14.6. The van der Waals surface area contributed by atoms with E-state index in [-0.39, 0.29) is 28.9 Å². The number of halogens is 1. The Bertz CT molecular complexity index is 1170. The van der Waals surface area contributed by atoms with Crippen LogP contribution < -0.4 is 20.5 Å². The van der Waals surface area contributed by atoms with Crippen molar-refractivity contribution in [3.05, 3.63) is 41.6 Å². The Morgan fingerprint density at radius 3 is 2.65 bits per heavy atom. The lowest BCUT2D eigenvalue weighted by Crippen LogP contribution is -2.50. The van der Waals surface area contributed by atoms with Crippen molar-refractivity contribution in [2.75, 3.05) is 32.3 Å². The molecule has 3 N–H and O–H groups in total. The molecule has 0 spiro atoms. The standard InChI is InChI=1S/C18H21FN6O5S/c1-18(9-31(27,28)25(2)17(20)24-18)15-11(19)5-6-13(22-15)23-16(26)14-12(30-4)7-10(29-3)8-21-14/h5-8H,9H2,1-4H3,(H2,20,24)(H,22,23,26)/t18-/m0/s1. The maximum atomic E-state index is 14.6. The Hall–Kier alpha value is -3.48. The zero-order valence-corrected chi connectivity index (χ0v) is 18.0. The van der Waals surface area contributed by atoms with E-state index in [4.69, 9.17) is 15.2 Å². The van der Waals surface area contributed by atoms with Crippen LogP contribution in [0.4, 0.5) is 10.2 Å². The molecule has 13 heteroatoms. The number of anilines is 1. The highest BCUT2D eigenvalue weighted by Crippen LogP contribution is 2.33. The summed E-state index contributed by atoms with van der Waals surface area (Å²) in [5, 5.41) is 2.50. The number of rotatable bonds is 5. The first-order chi connectivity index (χ1) is 14.5. The highest BCUT2D eigenvalue weighted by Gasteiger charge is 2.43. The number of nitrogens with one attached hydrogen (secondary N) is 1. The van der Waals surface area contributed by atoms with Gasteiger partial charge in [0.05, 0.1) is 20.4 Å². The number of amides is 1. The molecule has 0 saturated carbocycles. The molecular formula is C18H21FN6O5S. The lowest BCUT2D eigenvalue weighted by Gasteiger charge is -2.33. The summed E-state index contributed by atoms with van der Waals surface area (Å²) in [5.41, 5.74) is 3.80. The van der Waals surface area contributed by atoms with Crippen molar-refractivity contribution in [2.45, 2.75) is 12.5 Å². The van der Waals surface area contributed by atoms with Gasteiger partial charge in [-0.25, -0.2) is 32.1 Å². The van der Waals surface area contributed by atoms with Crippen LogP contribution in [0.15, 0.2) is 29.4 Å². The van der Waals surface area contributed by atoms with Crippen LogP contribution in [0.25, 0.3) is 0 Å². The smallest absolute Gasteiger partial charge is 0.279 e. The summed E-state index contributed by atoms with van der Waals surface area (Å²) in [7, 11) is 0.231. The Morgan fingerprint density at radius 2 is 2.03 bits per heavy atom. The average molecular weight is 452 g/mol. The van der Waals surface area contributed by atoms with Gasteiger partial charge in [-0.1, -0.05) is 0 Å². The molecule has 0 fully saturated rings. The fourth-order valence-electron chi connectivity index (χ4n) is 3.00. The molecule has 1 atom stereocenters. The van der Waals surface area contributed by atoms with E-state index in [1.165, 1.54) is 46.5 Å². The molecule has 31 heavy (non-hydrogen) atoms. The zero-order valence-electron chi connectivity index (χ0n) is 17.2. The Kier molecular flexibility index (Phi) is 5.72. The number of aliphatic imine (C=N–C) groups is 1. The maximum Gasteiger partial charge on any atom is 0.279 e. The van der Waals surface area contributed by atoms with Crippen molar-refractivity contribution in [3.8, 4) is 11.5 Å². The second-order valence-electron chi connectivity index (χ2n) is 6.87. The summed E-state index contributed by atoms with van der Waals surface area (Å²) in [6, 6.07) is 3.76. The van der Waals surface area contributed by atoms with Gasteiger partial charge in [0.1, 0.15) is 34.4 Å². The largest absolute Gasteiger partial charge is 0.495 e. The number of aromatic nitrogens is 2. The van der Waals surface area contributed by atoms with Gasteiger partial charge in [-0.3, -0.25) is 4.79 Å². The molecule has 3 rings (SSSR count). The third-order valence-electron chi connectivity index (χ3n) is 4.66. The molecule has 1 aliphatic rings. The predicted octanol–water partition coefficient (Wildman–Crippen LogP) is 0.690. The number of nitrogens with zero attached hydrogens (tertiary/aromatic N) is 4. The number of nitrogens with two attached hydrogens (primary N) is 1. The number of carbonyl (C=O) groups excluding carboxylic acids is 1. The summed E-state index contributed by atoms with van der Waals surface area (Å²) < 4.78 is 50.4. The molecular weight excluding hydrogens is 431 g/mol. The van der Waals surface area contributed by atoms with Crippen LogP contribution in [0.5, 0.6) is 11.5 Å². The van der Waals surface area contributed by atoms with Crippen LogP contribution >= 0.6 is 0 Å². The van der Waals surface area contributed by atoms with Crippen LogP contribution in [0, 0.1) is 5.82 Å². The van der Waals surface area contributed by atoms with Gasteiger partial charge in [0.15, 0.2) is 11.4 Å². The number of hydrogen-bond donors (Lipinski definition) is 2. The molecule has 0 aliphatic carbocycles. The fourth-order valence-corrected chi connectivity index (χ4v) is 4.43. The molecule has 2 aromatic heterocycles.